The number of anilines is 1. The van der Waals surface area contributed by atoms with Gasteiger partial charge >= 0.3 is 11.8 Å². The summed E-state index contributed by atoms with van der Waals surface area (Å²) in [6.45, 7) is -0.00783. The normalized spacial score (nSPS) is 11.2. The van der Waals surface area contributed by atoms with E-state index in [-0.39, 0.29) is 17.8 Å². The number of hydrogen-bond donors (Lipinski definition) is 2. The van der Waals surface area contributed by atoms with Crippen LogP contribution in [-0.2, 0) is 14.3 Å². The zero-order valence-corrected chi connectivity index (χ0v) is 13.5. The number of hydrogen-bond acceptors (Lipinski definition) is 4. The quantitative estimate of drug-likeness (QED) is 0.815. The van der Waals surface area contributed by atoms with Crippen molar-refractivity contribution in [1.29, 1.82) is 5.26 Å². The standard InChI is InChI=1S/C18H16FN3O3/c1-25-16(12-6-4-7-14(19)9-12)11-21-17(23)18(24)22-15-8-3-2-5-13(15)10-20/h2-9,16H,11H2,1H3,(H,21,23)(H,22,24). The third-order valence-electron chi connectivity index (χ3n) is 3.45. The van der Waals surface area contributed by atoms with Gasteiger partial charge in [-0.05, 0) is 29.8 Å². The van der Waals surface area contributed by atoms with Crippen molar-refractivity contribution in [3.05, 3.63) is 65.5 Å². The molecule has 7 heteroatoms. The van der Waals surface area contributed by atoms with Gasteiger partial charge in [-0.25, -0.2) is 4.39 Å². The Morgan fingerprint density at radius 2 is 1.96 bits per heavy atom. The zero-order valence-electron chi connectivity index (χ0n) is 13.5. The van der Waals surface area contributed by atoms with E-state index in [0.717, 1.165) is 0 Å². The maximum atomic E-state index is 13.3. The number of amides is 2. The number of benzene rings is 2. The Bertz CT molecular complexity index is 817. The lowest BCUT2D eigenvalue weighted by atomic mass is 10.1. The number of para-hydroxylation sites is 1. The van der Waals surface area contributed by atoms with Gasteiger partial charge in [-0.2, -0.15) is 5.26 Å². The number of rotatable bonds is 5. The molecule has 128 valence electrons. The molecule has 0 aliphatic heterocycles. The van der Waals surface area contributed by atoms with Crippen molar-refractivity contribution in [1.82, 2.24) is 5.32 Å². The summed E-state index contributed by atoms with van der Waals surface area (Å²) in [6.07, 6.45) is -0.598. The predicted octanol–water partition coefficient (Wildman–Crippen LogP) is 2.14. The number of ether oxygens (including phenoxy) is 1. The first-order valence-electron chi connectivity index (χ1n) is 7.41. The van der Waals surface area contributed by atoms with Gasteiger partial charge in [-0.1, -0.05) is 24.3 Å². The lowest BCUT2D eigenvalue weighted by Crippen LogP contribution is -2.38. The number of nitriles is 1. The summed E-state index contributed by atoms with van der Waals surface area (Å²) in [5.41, 5.74) is 1.04. The molecule has 0 aliphatic rings. The molecule has 2 aromatic carbocycles. The van der Waals surface area contributed by atoms with Gasteiger partial charge in [0.05, 0.1) is 17.4 Å². The van der Waals surface area contributed by atoms with Gasteiger partial charge in [0.25, 0.3) is 0 Å². The van der Waals surface area contributed by atoms with Crippen LogP contribution >= 0.6 is 0 Å². The molecule has 0 fully saturated rings. The van der Waals surface area contributed by atoms with Gasteiger partial charge in [0, 0.05) is 13.7 Å². The van der Waals surface area contributed by atoms with Crippen LogP contribution in [-0.4, -0.2) is 25.5 Å². The summed E-state index contributed by atoms with van der Waals surface area (Å²) in [5, 5.41) is 13.8. The summed E-state index contributed by atoms with van der Waals surface area (Å²) in [5.74, 6) is -2.21. The monoisotopic (exact) mass is 341 g/mol. The largest absolute Gasteiger partial charge is 0.375 e. The van der Waals surface area contributed by atoms with E-state index in [2.05, 4.69) is 10.6 Å². The average molecular weight is 341 g/mol. The topological polar surface area (TPSA) is 91.2 Å². The van der Waals surface area contributed by atoms with Crippen LogP contribution in [0, 0.1) is 17.1 Å². The number of carbonyl (C=O) groups is 2. The Hall–Kier alpha value is -3.24. The van der Waals surface area contributed by atoms with Crippen molar-refractivity contribution in [2.45, 2.75) is 6.10 Å². The first-order valence-corrected chi connectivity index (χ1v) is 7.41. The second-order valence-corrected chi connectivity index (χ2v) is 5.10. The van der Waals surface area contributed by atoms with E-state index in [1.807, 2.05) is 6.07 Å². The van der Waals surface area contributed by atoms with Crippen molar-refractivity contribution >= 4 is 17.5 Å². The summed E-state index contributed by atoms with van der Waals surface area (Å²) < 4.78 is 18.5. The Morgan fingerprint density at radius 1 is 1.20 bits per heavy atom. The molecule has 0 spiro atoms. The van der Waals surface area contributed by atoms with Gasteiger partial charge < -0.3 is 15.4 Å². The van der Waals surface area contributed by atoms with E-state index in [9.17, 15) is 14.0 Å². The Morgan fingerprint density at radius 3 is 2.64 bits per heavy atom. The zero-order chi connectivity index (χ0) is 18.2. The SMILES string of the molecule is COC(CNC(=O)C(=O)Nc1ccccc1C#N)c1cccc(F)c1. The first kappa shape index (κ1) is 18.1. The molecule has 2 amide bonds. The fourth-order valence-corrected chi connectivity index (χ4v) is 2.18. The van der Waals surface area contributed by atoms with Crippen LogP contribution in [0.2, 0.25) is 0 Å². The van der Waals surface area contributed by atoms with Crippen molar-refractivity contribution < 1.29 is 18.7 Å². The third kappa shape index (κ3) is 4.86. The minimum Gasteiger partial charge on any atom is -0.375 e. The highest BCUT2D eigenvalue weighted by Gasteiger charge is 2.18. The van der Waals surface area contributed by atoms with Gasteiger partial charge in [-0.3, -0.25) is 9.59 Å². The second kappa shape index (κ2) is 8.57. The molecule has 0 saturated carbocycles. The van der Waals surface area contributed by atoms with Crippen LogP contribution < -0.4 is 10.6 Å². The fraction of sp³-hybridized carbons (Fsp3) is 0.167. The molecule has 0 heterocycles. The summed E-state index contributed by atoms with van der Waals surface area (Å²) in [4.78, 5) is 23.9. The van der Waals surface area contributed by atoms with Crippen LogP contribution in [0.15, 0.2) is 48.5 Å². The van der Waals surface area contributed by atoms with Gasteiger partial charge in [0.1, 0.15) is 11.9 Å². The number of halogens is 1. The van der Waals surface area contributed by atoms with Crippen molar-refractivity contribution in [3.8, 4) is 6.07 Å². The molecule has 1 atom stereocenters. The molecular weight excluding hydrogens is 325 g/mol. The highest BCUT2D eigenvalue weighted by atomic mass is 19.1. The molecule has 25 heavy (non-hydrogen) atoms. The second-order valence-electron chi connectivity index (χ2n) is 5.10. The maximum absolute atomic E-state index is 13.3. The Balaban J connectivity index is 1.97. The molecule has 1 unspecified atom stereocenters. The van der Waals surface area contributed by atoms with Crippen molar-refractivity contribution in [3.63, 3.8) is 0 Å². The molecule has 0 bridgehead atoms. The van der Waals surface area contributed by atoms with Gasteiger partial charge in [-0.15, -0.1) is 0 Å². The third-order valence-corrected chi connectivity index (χ3v) is 3.45. The first-order chi connectivity index (χ1) is 12.0. The number of nitrogens with zero attached hydrogens (tertiary/aromatic N) is 1. The predicted molar refractivity (Wildman–Crippen MR) is 88.9 cm³/mol. The van der Waals surface area contributed by atoms with Crippen LogP contribution in [0.1, 0.15) is 17.2 Å². The van der Waals surface area contributed by atoms with Crippen LogP contribution in [0.4, 0.5) is 10.1 Å². The minimum absolute atomic E-state index is 0.00783. The average Bonchev–Trinajstić information content (AvgIpc) is 2.62. The van der Waals surface area contributed by atoms with E-state index in [4.69, 9.17) is 10.00 Å². The smallest absolute Gasteiger partial charge is 0.313 e. The van der Waals surface area contributed by atoms with Crippen molar-refractivity contribution in [2.24, 2.45) is 0 Å². The summed E-state index contributed by atoms with van der Waals surface area (Å²) in [6, 6.07) is 14.0. The maximum Gasteiger partial charge on any atom is 0.313 e. The Labute approximate surface area is 144 Å². The number of methoxy groups -OCH3 is 1. The molecule has 0 saturated heterocycles. The molecule has 2 rings (SSSR count). The number of nitrogens with one attached hydrogen (secondary N) is 2. The highest BCUT2D eigenvalue weighted by Crippen LogP contribution is 2.17. The van der Waals surface area contributed by atoms with Gasteiger partial charge in [0.2, 0.25) is 0 Å². The molecule has 0 aromatic heterocycles. The minimum atomic E-state index is -0.906. The highest BCUT2D eigenvalue weighted by molar-refractivity contribution is 6.39. The summed E-state index contributed by atoms with van der Waals surface area (Å²) in [7, 11) is 1.42. The molecule has 6 nitrogen and oxygen atoms in total. The lowest BCUT2D eigenvalue weighted by molar-refractivity contribution is -0.136. The van der Waals surface area contributed by atoms with E-state index in [0.29, 0.717) is 5.56 Å². The molecule has 0 radical (unpaired) electrons. The molecule has 0 aliphatic carbocycles. The van der Waals surface area contributed by atoms with E-state index in [1.165, 1.54) is 37.4 Å². The van der Waals surface area contributed by atoms with Crippen molar-refractivity contribution in [2.75, 3.05) is 19.0 Å². The Kier molecular flexibility index (Phi) is 6.20. The van der Waals surface area contributed by atoms with Gasteiger partial charge in [0.15, 0.2) is 0 Å². The molecular formula is C18H16FN3O3. The number of carbonyl (C=O) groups excluding carboxylic acids is 2. The molecule has 2 N–H and O–H groups in total. The van der Waals surface area contributed by atoms with E-state index < -0.39 is 23.7 Å². The van der Waals surface area contributed by atoms with E-state index >= 15 is 0 Å². The fourth-order valence-electron chi connectivity index (χ4n) is 2.18. The van der Waals surface area contributed by atoms with Crippen LogP contribution in [0.3, 0.4) is 0 Å². The van der Waals surface area contributed by atoms with Crippen LogP contribution in [0.5, 0.6) is 0 Å². The summed E-state index contributed by atoms with van der Waals surface area (Å²) >= 11 is 0. The lowest BCUT2D eigenvalue weighted by Gasteiger charge is -2.16. The van der Waals surface area contributed by atoms with E-state index in [1.54, 1.807) is 18.2 Å². The molecule has 2 aromatic rings. The van der Waals surface area contributed by atoms with Crippen LogP contribution in [0.25, 0.3) is 0 Å².